The highest BCUT2D eigenvalue weighted by molar-refractivity contribution is 5.32. The number of benzene rings is 1. The first-order valence-electron chi connectivity index (χ1n) is 9.73. The Labute approximate surface area is 145 Å². The second kappa shape index (κ2) is 6.89. The summed E-state index contributed by atoms with van der Waals surface area (Å²) in [5, 5.41) is 0. The first-order chi connectivity index (χ1) is 11.7. The number of hydrogen-bond donors (Lipinski definition) is 0. The van der Waals surface area contributed by atoms with Crippen LogP contribution < -0.4 is 0 Å². The molecule has 3 saturated heterocycles. The normalized spacial score (nSPS) is 34.4. The molecule has 1 saturated carbocycles. The lowest BCUT2D eigenvalue weighted by atomic mass is 9.74. The van der Waals surface area contributed by atoms with Gasteiger partial charge in [-0.2, -0.15) is 0 Å². The Morgan fingerprint density at radius 2 is 1.71 bits per heavy atom. The molecule has 128 valence electrons. The lowest BCUT2D eigenvalue weighted by Crippen LogP contribution is -2.56. The molecule has 1 nitrogen and oxygen atoms in total. The van der Waals surface area contributed by atoms with E-state index < -0.39 is 5.67 Å². The van der Waals surface area contributed by atoms with Gasteiger partial charge in [-0.15, -0.1) is 0 Å². The average Bonchev–Trinajstić information content (AvgIpc) is 2.64. The maximum absolute atomic E-state index is 15.5. The highest BCUT2D eigenvalue weighted by Crippen LogP contribution is 2.40. The van der Waals surface area contributed by atoms with Gasteiger partial charge in [0.25, 0.3) is 0 Å². The molecule has 0 aromatic heterocycles. The zero-order valence-electron chi connectivity index (χ0n) is 14.5. The van der Waals surface area contributed by atoms with Crippen LogP contribution in [0.3, 0.4) is 0 Å². The molecule has 3 aliphatic heterocycles. The third-order valence-electron chi connectivity index (χ3n) is 6.40. The Bertz CT molecular complexity index is 602. The van der Waals surface area contributed by atoms with Crippen molar-refractivity contribution >= 4 is 0 Å². The van der Waals surface area contributed by atoms with Gasteiger partial charge in [0.2, 0.25) is 0 Å². The van der Waals surface area contributed by atoms with E-state index in [2.05, 4.69) is 47.1 Å². The molecule has 2 bridgehead atoms. The van der Waals surface area contributed by atoms with Crippen molar-refractivity contribution in [3.8, 4) is 11.8 Å². The second-order valence-electron chi connectivity index (χ2n) is 7.97. The van der Waals surface area contributed by atoms with Crippen molar-refractivity contribution in [3.63, 3.8) is 0 Å². The quantitative estimate of drug-likeness (QED) is 0.707. The first kappa shape index (κ1) is 16.2. The Morgan fingerprint density at radius 3 is 2.33 bits per heavy atom. The van der Waals surface area contributed by atoms with Crippen molar-refractivity contribution in [2.75, 3.05) is 19.6 Å². The molecule has 2 unspecified atom stereocenters. The van der Waals surface area contributed by atoms with Crippen LogP contribution in [0, 0.1) is 23.7 Å². The summed E-state index contributed by atoms with van der Waals surface area (Å²) in [4.78, 5) is 2.26. The highest BCUT2D eigenvalue weighted by atomic mass is 19.1. The number of piperidine rings is 3. The van der Waals surface area contributed by atoms with Gasteiger partial charge in [0.1, 0.15) is 0 Å². The van der Waals surface area contributed by atoms with E-state index in [1.807, 2.05) is 0 Å². The van der Waals surface area contributed by atoms with E-state index in [-0.39, 0.29) is 11.8 Å². The van der Waals surface area contributed by atoms with Crippen LogP contribution in [0.5, 0.6) is 0 Å². The second-order valence-corrected chi connectivity index (χ2v) is 7.97. The van der Waals surface area contributed by atoms with Crippen molar-refractivity contribution in [3.05, 3.63) is 35.9 Å². The third-order valence-corrected chi connectivity index (χ3v) is 6.40. The number of fused-ring (bicyclic) bond motifs is 3. The van der Waals surface area contributed by atoms with Crippen molar-refractivity contribution < 1.29 is 4.39 Å². The molecule has 3 heterocycles. The molecule has 1 aromatic rings. The van der Waals surface area contributed by atoms with E-state index >= 15 is 4.39 Å². The number of alkyl halides is 1. The Morgan fingerprint density at radius 1 is 1.00 bits per heavy atom. The van der Waals surface area contributed by atoms with Gasteiger partial charge in [-0.3, -0.25) is 4.90 Å². The van der Waals surface area contributed by atoms with Crippen LogP contribution in [0.2, 0.25) is 0 Å². The highest BCUT2D eigenvalue weighted by Gasteiger charge is 2.46. The Kier molecular flexibility index (Phi) is 4.63. The minimum atomic E-state index is -1.28. The van der Waals surface area contributed by atoms with Crippen LogP contribution in [-0.2, 0) is 0 Å². The summed E-state index contributed by atoms with van der Waals surface area (Å²) in [7, 11) is 0. The fraction of sp³-hybridized carbons (Fsp3) is 0.636. The van der Waals surface area contributed by atoms with Crippen LogP contribution in [0.15, 0.2) is 30.3 Å². The van der Waals surface area contributed by atoms with Crippen molar-refractivity contribution in [2.24, 2.45) is 11.8 Å². The number of halogens is 1. The monoisotopic (exact) mass is 325 g/mol. The number of hydrogen-bond acceptors (Lipinski definition) is 1. The van der Waals surface area contributed by atoms with E-state index in [9.17, 15) is 0 Å². The molecular weight excluding hydrogens is 297 g/mol. The van der Waals surface area contributed by atoms with Crippen molar-refractivity contribution in [1.29, 1.82) is 0 Å². The lowest BCUT2D eigenvalue weighted by Gasteiger charge is -2.46. The molecule has 0 N–H and O–H groups in total. The minimum Gasteiger partial charge on any atom is -0.299 e. The fourth-order valence-electron chi connectivity index (χ4n) is 4.94. The summed E-state index contributed by atoms with van der Waals surface area (Å²) in [6.45, 7) is 2.64. The topological polar surface area (TPSA) is 3.24 Å². The average molecular weight is 325 g/mol. The predicted octanol–water partition coefficient (Wildman–Crippen LogP) is 4.79. The summed E-state index contributed by atoms with van der Waals surface area (Å²) < 4.78 is 15.5. The lowest BCUT2D eigenvalue weighted by molar-refractivity contribution is -0.0162. The maximum Gasteiger partial charge on any atom is 0.186 e. The van der Waals surface area contributed by atoms with Gasteiger partial charge >= 0.3 is 0 Å². The molecule has 4 aliphatic rings. The van der Waals surface area contributed by atoms with Gasteiger partial charge in [-0.05, 0) is 50.3 Å². The van der Waals surface area contributed by atoms with Crippen molar-refractivity contribution in [1.82, 2.24) is 4.90 Å². The number of nitrogens with zero attached hydrogens (tertiary/aromatic N) is 1. The molecule has 0 radical (unpaired) electrons. The summed E-state index contributed by atoms with van der Waals surface area (Å²) in [5.74, 6) is 7.57. The maximum atomic E-state index is 15.5. The molecule has 24 heavy (non-hydrogen) atoms. The molecule has 0 spiro atoms. The van der Waals surface area contributed by atoms with E-state index in [0.29, 0.717) is 12.5 Å². The van der Waals surface area contributed by atoms with Gasteiger partial charge in [0.15, 0.2) is 5.67 Å². The van der Waals surface area contributed by atoms with Gasteiger partial charge in [-0.25, -0.2) is 4.39 Å². The predicted molar refractivity (Wildman–Crippen MR) is 96.5 cm³/mol. The molecule has 1 aromatic carbocycles. The van der Waals surface area contributed by atoms with Gasteiger partial charge < -0.3 is 0 Å². The standard InChI is InChI=1S/C22H28FN/c23-22(17-24-15-12-20(22)13-16-24)14-11-21(18-7-3-1-4-8-18)19-9-5-2-6-10-19/h1,3-4,7-8,19-21H,2,5-6,9-10,12-13,15-17H2. The van der Waals surface area contributed by atoms with Crippen LogP contribution in [0.25, 0.3) is 0 Å². The van der Waals surface area contributed by atoms with E-state index in [1.165, 1.54) is 37.7 Å². The molecular formula is C22H28FN. The molecule has 4 fully saturated rings. The summed E-state index contributed by atoms with van der Waals surface area (Å²) in [6.07, 6.45) is 8.37. The minimum absolute atomic E-state index is 0.151. The zero-order valence-corrected chi connectivity index (χ0v) is 14.5. The van der Waals surface area contributed by atoms with E-state index in [4.69, 9.17) is 0 Å². The van der Waals surface area contributed by atoms with Crippen LogP contribution in [0.4, 0.5) is 4.39 Å². The Balaban J connectivity index is 1.60. The van der Waals surface area contributed by atoms with Crippen LogP contribution in [-0.4, -0.2) is 30.2 Å². The molecule has 2 atom stereocenters. The molecule has 0 amide bonds. The SMILES string of the molecule is FC1(C#CC(c2ccccc2)C2CCCCC2)CN2CCC1CC2. The molecule has 5 rings (SSSR count). The smallest absolute Gasteiger partial charge is 0.186 e. The summed E-state index contributed by atoms with van der Waals surface area (Å²) in [5.41, 5.74) is -0.000145. The van der Waals surface area contributed by atoms with Crippen molar-refractivity contribution in [2.45, 2.75) is 56.5 Å². The number of rotatable bonds is 2. The van der Waals surface area contributed by atoms with Crippen LogP contribution >= 0.6 is 0 Å². The third kappa shape index (κ3) is 3.24. The molecule has 1 aliphatic carbocycles. The summed E-state index contributed by atoms with van der Waals surface area (Å²) in [6, 6.07) is 10.6. The molecule has 2 heteroatoms. The van der Waals surface area contributed by atoms with E-state index in [0.717, 1.165) is 25.9 Å². The van der Waals surface area contributed by atoms with Gasteiger partial charge in [-0.1, -0.05) is 61.4 Å². The zero-order chi connectivity index (χ0) is 16.4. The van der Waals surface area contributed by atoms with Gasteiger partial charge in [0.05, 0.1) is 0 Å². The van der Waals surface area contributed by atoms with Gasteiger partial charge in [0, 0.05) is 18.4 Å². The van der Waals surface area contributed by atoms with E-state index in [1.54, 1.807) is 0 Å². The largest absolute Gasteiger partial charge is 0.299 e. The Hall–Kier alpha value is -1.33. The first-order valence-corrected chi connectivity index (χ1v) is 9.73. The van der Waals surface area contributed by atoms with Crippen LogP contribution in [0.1, 0.15) is 56.4 Å². The fourth-order valence-corrected chi connectivity index (χ4v) is 4.94. The summed E-state index contributed by atoms with van der Waals surface area (Å²) >= 11 is 0.